The van der Waals surface area contributed by atoms with Crippen molar-refractivity contribution >= 4 is 43.2 Å². The molecule has 6 nitrogen and oxygen atoms in total. The molecule has 1 atom stereocenters. The molecule has 31 heavy (non-hydrogen) atoms. The molecule has 1 amide bonds. The van der Waals surface area contributed by atoms with E-state index in [0.29, 0.717) is 38.3 Å². The van der Waals surface area contributed by atoms with Crippen molar-refractivity contribution in [1.82, 2.24) is 4.31 Å². The predicted molar refractivity (Wildman–Crippen MR) is 127 cm³/mol. The molecule has 0 N–H and O–H groups in total. The number of carbonyl (C=O) groups excluding carboxylic acids is 1. The van der Waals surface area contributed by atoms with Crippen molar-refractivity contribution in [3.63, 3.8) is 0 Å². The van der Waals surface area contributed by atoms with E-state index in [0.717, 1.165) is 15.7 Å². The Kier molecular flexibility index (Phi) is 5.91. The summed E-state index contributed by atoms with van der Waals surface area (Å²) in [6.45, 7) is 9.68. The molecule has 0 unspecified atom stereocenters. The Hall–Kier alpha value is -1.90. The number of nitrogens with zero attached hydrogens (tertiary/aromatic N) is 3. The number of aryl methyl sites for hydroxylation is 2. The Morgan fingerprint density at radius 2 is 1.74 bits per heavy atom. The van der Waals surface area contributed by atoms with Gasteiger partial charge in [-0.3, -0.25) is 4.79 Å². The second kappa shape index (κ2) is 8.22. The third kappa shape index (κ3) is 4.01. The van der Waals surface area contributed by atoms with Crippen molar-refractivity contribution in [2.24, 2.45) is 0 Å². The van der Waals surface area contributed by atoms with Gasteiger partial charge in [-0.2, -0.15) is 4.31 Å². The molecule has 0 spiro atoms. The number of benzene rings is 2. The monoisotopic (exact) mass is 505 g/mol. The highest BCUT2D eigenvalue weighted by Gasteiger charge is 2.38. The molecule has 0 aliphatic carbocycles. The maximum Gasteiger partial charge on any atom is 0.245 e. The van der Waals surface area contributed by atoms with Gasteiger partial charge >= 0.3 is 0 Å². The standard InChI is InChI=1S/C23H28BrN3O3S/c1-15-5-6-16(2)21(11-15)25-7-9-26(10-8-25)31(29,30)22-14-20(24)13-19-12-17(3)27(18(4)28)23(19)22/h5-6,11,13-14,17H,7-10,12H2,1-4H3/t17-/m1/s1. The van der Waals surface area contributed by atoms with Gasteiger partial charge in [0.2, 0.25) is 15.9 Å². The van der Waals surface area contributed by atoms with Crippen LogP contribution in [0.4, 0.5) is 11.4 Å². The summed E-state index contributed by atoms with van der Waals surface area (Å²) in [5.41, 5.74) is 4.98. The van der Waals surface area contributed by atoms with Crippen LogP contribution in [0.2, 0.25) is 0 Å². The van der Waals surface area contributed by atoms with Crippen LogP contribution in [0.25, 0.3) is 0 Å². The molecule has 8 heteroatoms. The smallest absolute Gasteiger partial charge is 0.245 e. The predicted octanol–water partition coefficient (Wildman–Crippen LogP) is 3.87. The number of anilines is 2. The molecule has 2 aliphatic rings. The summed E-state index contributed by atoms with van der Waals surface area (Å²) in [5, 5.41) is 0. The second-order valence-electron chi connectivity index (χ2n) is 8.53. The van der Waals surface area contributed by atoms with E-state index in [2.05, 4.69) is 52.9 Å². The Labute approximate surface area is 193 Å². The van der Waals surface area contributed by atoms with Crippen LogP contribution in [-0.2, 0) is 21.2 Å². The second-order valence-corrected chi connectivity index (χ2v) is 11.4. The normalized spacial score (nSPS) is 19.6. The van der Waals surface area contributed by atoms with Crippen molar-refractivity contribution in [1.29, 1.82) is 0 Å². The lowest BCUT2D eigenvalue weighted by atomic mass is 10.1. The highest BCUT2D eigenvalue weighted by Crippen LogP contribution is 2.41. The molecule has 166 valence electrons. The summed E-state index contributed by atoms with van der Waals surface area (Å²) < 4.78 is 29.6. The van der Waals surface area contributed by atoms with Crippen LogP contribution < -0.4 is 9.80 Å². The summed E-state index contributed by atoms with van der Waals surface area (Å²) in [7, 11) is -3.74. The summed E-state index contributed by atoms with van der Waals surface area (Å²) >= 11 is 3.47. The molecule has 2 aromatic carbocycles. The highest BCUT2D eigenvalue weighted by molar-refractivity contribution is 9.10. The van der Waals surface area contributed by atoms with E-state index in [1.54, 1.807) is 15.3 Å². The molecular formula is C23H28BrN3O3S. The van der Waals surface area contributed by atoms with Gasteiger partial charge in [-0.25, -0.2) is 8.42 Å². The first kappa shape index (κ1) is 22.3. The van der Waals surface area contributed by atoms with E-state index < -0.39 is 10.0 Å². The molecule has 2 aromatic rings. The third-order valence-electron chi connectivity index (χ3n) is 6.22. The average Bonchev–Trinajstić information content (AvgIpc) is 3.04. The van der Waals surface area contributed by atoms with E-state index in [1.165, 1.54) is 18.1 Å². The Bertz CT molecular complexity index is 1140. The molecule has 1 saturated heterocycles. The number of fused-ring (bicyclic) bond motifs is 1. The fourth-order valence-electron chi connectivity index (χ4n) is 4.72. The quantitative estimate of drug-likeness (QED) is 0.634. The van der Waals surface area contributed by atoms with Crippen LogP contribution in [0.15, 0.2) is 39.7 Å². The summed E-state index contributed by atoms with van der Waals surface area (Å²) in [4.78, 5) is 16.4. The first-order valence-electron chi connectivity index (χ1n) is 10.5. The average molecular weight is 506 g/mol. The minimum Gasteiger partial charge on any atom is -0.369 e. The first-order valence-corrected chi connectivity index (χ1v) is 12.8. The van der Waals surface area contributed by atoms with E-state index in [1.807, 2.05) is 13.0 Å². The van der Waals surface area contributed by atoms with Gasteiger partial charge < -0.3 is 9.80 Å². The SMILES string of the molecule is CC(=O)N1c2c(cc(Br)cc2S(=O)(=O)N2CCN(c3cc(C)ccc3C)CC2)C[C@H]1C. The maximum atomic E-state index is 13.7. The molecule has 0 aromatic heterocycles. The van der Waals surface area contributed by atoms with Crippen molar-refractivity contribution in [3.8, 4) is 0 Å². The van der Waals surface area contributed by atoms with Crippen LogP contribution in [0, 0.1) is 13.8 Å². The van der Waals surface area contributed by atoms with Crippen LogP contribution in [-0.4, -0.2) is 50.9 Å². The minimum atomic E-state index is -3.74. The molecule has 0 bridgehead atoms. The lowest BCUT2D eigenvalue weighted by molar-refractivity contribution is -0.116. The van der Waals surface area contributed by atoms with Gasteiger partial charge in [-0.1, -0.05) is 28.1 Å². The molecule has 2 aliphatic heterocycles. The van der Waals surface area contributed by atoms with Crippen LogP contribution in [0.3, 0.4) is 0 Å². The zero-order valence-electron chi connectivity index (χ0n) is 18.4. The number of piperazine rings is 1. The zero-order valence-corrected chi connectivity index (χ0v) is 20.8. The van der Waals surface area contributed by atoms with Crippen molar-refractivity contribution in [2.75, 3.05) is 36.0 Å². The summed E-state index contributed by atoms with van der Waals surface area (Å²) in [6, 6.07) is 9.86. The number of carbonyl (C=O) groups is 1. The number of hydrogen-bond donors (Lipinski definition) is 0. The van der Waals surface area contributed by atoms with Crippen LogP contribution in [0.1, 0.15) is 30.5 Å². The zero-order chi connectivity index (χ0) is 22.5. The molecule has 2 heterocycles. The number of hydrogen-bond acceptors (Lipinski definition) is 4. The van der Waals surface area contributed by atoms with Gasteiger partial charge in [0.15, 0.2) is 0 Å². The topological polar surface area (TPSA) is 60.9 Å². The summed E-state index contributed by atoms with van der Waals surface area (Å²) in [5.74, 6) is -0.134. The molecule has 0 saturated carbocycles. The van der Waals surface area contributed by atoms with Crippen LogP contribution >= 0.6 is 15.9 Å². The lowest BCUT2D eigenvalue weighted by Crippen LogP contribution is -2.49. The van der Waals surface area contributed by atoms with E-state index >= 15 is 0 Å². The van der Waals surface area contributed by atoms with Gasteiger partial charge in [0.05, 0.1) is 5.69 Å². The van der Waals surface area contributed by atoms with Crippen molar-refractivity contribution in [3.05, 3.63) is 51.5 Å². The maximum absolute atomic E-state index is 13.7. The molecule has 0 radical (unpaired) electrons. The largest absolute Gasteiger partial charge is 0.369 e. The number of rotatable bonds is 3. The summed E-state index contributed by atoms with van der Waals surface area (Å²) in [6.07, 6.45) is 0.650. The van der Waals surface area contributed by atoms with E-state index in [9.17, 15) is 13.2 Å². The first-order chi connectivity index (χ1) is 14.6. The Balaban J connectivity index is 1.64. The van der Waals surface area contributed by atoms with Gasteiger partial charge in [-0.05, 0) is 62.1 Å². The van der Waals surface area contributed by atoms with Gasteiger partial charge in [0, 0.05) is 49.3 Å². The molecular weight excluding hydrogens is 478 g/mol. The van der Waals surface area contributed by atoms with Crippen molar-refractivity contribution < 1.29 is 13.2 Å². The molecule has 4 rings (SSSR count). The number of amides is 1. The lowest BCUT2D eigenvalue weighted by Gasteiger charge is -2.36. The Morgan fingerprint density at radius 1 is 1.06 bits per heavy atom. The van der Waals surface area contributed by atoms with Gasteiger partial charge in [-0.15, -0.1) is 0 Å². The Morgan fingerprint density at radius 3 is 2.39 bits per heavy atom. The van der Waals surface area contributed by atoms with Crippen molar-refractivity contribution in [2.45, 2.75) is 45.1 Å². The highest BCUT2D eigenvalue weighted by atomic mass is 79.9. The van der Waals surface area contributed by atoms with E-state index in [-0.39, 0.29) is 16.8 Å². The fraction of sp³-hybridized carbons (Fsp3) is 0.435. The number of sulfonamides is 1. The van der Waals surface area contributed by atoms with Crippen LogP contribution in [0.5, 0.6) is 0 Å². The third-order valence-corrected chi connectivity index (χ3v) is 8.59. The van der Waals surface area contributed by atoms with E-state index in [4.69, 9.17) is 0 Å². The molecule has 1 fully saturated rings. The minimum absolute atomic E-state index is 0.0584. The number of halogens is 1. The van der Waals surface area contributed by atoms with Gasteiger partial charge in [0.1, 0.15) is 4.90 Å². The fourth-order valence-corrected chi connectivity index (χ4v) is 7.05. The van der Waals surface area contributed by atoms with Gasteiger partial charge in [0.25, 0.3) is 0 Å².